The molecule has 6 nitrogen and oxygen atoms in total. The number of hydrogen-bond acceptors (Lipinski definition) is 4. The SMILES string of the molecule is N[C@@H]1CCC[C@H]1CC(=O)Nc1cccc(-c2ncn[nH]2)c1. The number of nitrogens with two attached hydrogens (primary N) is 1. The molecule has 2 atom stereocenters. The molecule has 6 heteroatoms. The Morgan fingerprint density at radius 3 is 3.05 bits per heavy atom. The molecular weight excluding hydrogens is 266 g/mol. The van der Waals surface area contributed by atoms with Gasteiger partial charge in [0.05, 0.1) is 0 Å². The fourth-order valence-corrected chi connectivity index (χ4v) is 2.86. The summed E-state index contributed by atoms with van der Waals surface area (Å²) in [5.74, 6) is 1.01. The number of carbonyl (C=O) groups excluding carboxylic acids is 1. The summed E-state index contributed by atoms with van der Waals surface area (Å²) >= 11 is 0. The van der Waals surface area contributed by atoms with Crippen molar-refractivity contribution in [3.8, 4) is 11.4 Å². The molecule has 3 rings (SSSR count). The standard InChI is InChI=1S/C15H19N5O/c16-13-6-2-3-10(13)8-14(21)19-12-5-1-4-11(7-12)15-17-9-18-20-15/h1,4-5,7,9-10,13H,2-3,6,8,16H2,(H,19,21)(H,17,18,20)/t10-,13+/m0/s1. The molecule has 1 aromatic heterocycles. The number of H-pyrrole nitrogens is 1. The maximum Gasteiger partial charge on any atom is 0.224 e. The molecule has 0 spiro atoms. The third kappa shape index (κ3) is 3.28. The number of aromatic amines is 1. The first-order valence-corrected chi connectivity index (χ1v) is 7.23. The van der Waals surface area contributed by atoms with Gasteiger partial charge in [-0.2, -0.15) is 5.10 Å². The minimum absolute atomic E-state index is 0.0204. The molecule has 0 unspecified atom stereocenters. The number of nitrogens with one attached hydrogen (secondary N) is 2. The average molecular weight is 285 g/mol. The molecule has 0 bridgehead atoms. The van der Waals surface area contributed by atoms with Crippen LogP contribution in [-0.2, 0) is 4.79 Å². The van der Waals surface area contributed by atoms with Gasteiger partial charge in [0.25, 0.3) is 0 Å². The first kappa shape index (κ1) is 13.8. The van der Waals surface area contributed by atoms with E-state index in [9.17, 15) is 4.79 Å². The van der Waals surface area contributed by atoms with Crippen LogP contribution in [0.15, 0.2) is 30.6 Å². The molecular formula is C15H19N5O. The second kappa shape index (κ2) is 6.05. The van der Waals surface area contributed by atoms with Crippen LogP contribution in [0.25, 0.3) is 11.4 Å². The molecule has 1 amide bonds. The Morgan fingerprint density at radius 1 is 1.43 bits per heavy atom. The van der Waals surface area contributed by atoms with Crippen molar-refractivity contribution >= 4 is 11.6 Å². The van der Waals surface area contributed by atoms with E-state index in [1.165, 1.54) is 6.33 Å². The lowest BCUT2D eigenvalue weighted by Crippen LogP contribution is -2.28. The van der Waals surface area contributed by atoms with E-state index < -0.39 is 0 Å². The molecule has 1 aliphatic carbocycles. The molecule has 0 saturated heterocycles. The number of hydrogen-bond donors (Lipinski definition) is 3. The fourth-order valence-electron chi connectivity index (χ4n) is 2.86. The van der Waals surface area contributed by atoms with Crippen molar-refractivity contribution in [3.05, 3.63) is 30.6 Å². The topological polar surface area (TPSA) is 96.7 Å². The number of anilines is 1. The summed E-state index contributed by atoms with van der Waals surface area (Å²) in [7, 11) is 0. The second-order valence-electron chi connectivity index (χ2n) is 5.52. The van der Waals surface area contributed by atoms with Crippen molar-refractivity contribution in [3.63, 3.8) is 0 Å². The molecule has 4 N–H and O–H groups in total. The van der Waals surface area contributed by atoms with Crippen LogP contribution in [0.5, 0.6) is 0 Å². The van der Waals surface area contributed by atoms with Gasteiger partial charge in [-0.1, -0.05) is 18.6 Å². The predicted molar refractivity (Wildman–Crippen MR) is 80.4 cm³/mol. The molecule has 1 aliphatic rings. The van der Waals surface area contributed by atoms with Gasteiger partial charge in [-0.25, -0.2) is 4.98 Å². The van der Waals surface area contributed by atoms with E-state index in [-0.39, 0.29) is 11.9 Å². The molecule has 21 heavy (non-hydrogen) atoms. The highest BCUT2D eigenvalue weighted by Gasteiger charge is 2.26. The van der Waals surface area contributed by atoms with E-state index in [1.807, 2.05) is 24.3 Å². The molecule has 1 fully saturated rings. The summed E-state index contributed by atoms with van der Waals surface area (Å²) in [4.78, 5) is 16.2. The van der Waals surface area contributed by atoms with Crippen molar-refractivity contribution in [1.29, 1.82) is 0 Å². The van der Waals surface area contributed by atoms with Gasteiger partial charge >= 0.3 is 0 Å². The highest BCUT2D eigenvalue weighted by atomic mass is 16.1. The number of benzene rings is 1. The summed E-state index contributed by atoms with van der Waals surface area (Å²) in [5.41, 5.74) is 7.67. The molecule has 1 aromatic carbocycles. The summed E-state index contributed by atoms with van der Waals surface area (Å²) in [6.07, 6.45) is 5.15. The van der Waals surface area contributed by atoms with Crippen molar-refractivity contribution in [2.24, 2.45) is 11.7 Å². The summed E-state index contributed by atoms with van der Waals surface area (Å²) in [6.45, 7) is 0. The minimum Gasteiger partial charge on any atom is -0.327 e. The van der Waals surface area contributed by atoms with E-state index in [0.717, 1.165) is 30.5 Å². The zero-order valence-electron chi connectivity index (χ0n) is 11.7. The van der Waals surface area contributed by atoms with Gasteiger partial charge in [0.1, 0.15) is 6.33 Å². The quantitative estimate of drug-likeness (QED) is 0.799. The lowest BCUT2D eigenvalue weighted by molar-refractivity contribution is -0.117. The summed E-state index contributed by atoms with van der Waals surface area (Å²) < 4.78 is 0. The zero-order chi connectivity index (χ0) is 14.7. The fraction of sp³-hybridized carbons (Fsp3) is 0.400. The Morgan fingerprint density at radius 2 is 2.33 bits per heavy atom. The highest BCUT2D eigenvalue weighted by molar-refractivity contribution is 5.91. The Hall–Kier alpha value is -2.21. The largest absolute Gasteiger partial charge is 0.327 e. The van der Waals surface area contributed by atoms with Gasteiger partial charge in [0.2, 0.25) is 5.91 Å². The number of aromatic nitrogens is 3. The van der Waals surface area contributed by atoms with Gasteiger partial charge in [0, 0.05) is 23.7 Å². The van der Waals surface area contributed by atoms with Crippen molar-refractivity contribution in [2.75, 3.05) is 5.32 Å². The van der Waals surface area contributed by atoms with Gasteiger partial charge in [0.15, 0.2) is 5.82 Å². The van der Waals surface area contributed by atoms with Crippen molar-refractivity contribution in [2.45, 2.75) is 31.7 Å². The highest BCUT2D eigenvalue weighted by Crippen LogP contribution is 2.27. The molecule has 1 heterocycles. The first-order chi connectivity index (χ1) is 10.2. The molecule has 2 aromatic rings. The summed E-state index contributed by atoms with van der Waals surface area (Å²) in [5, 5.41) is 9.57. The van der Waals surface area contributed by atoms with Crippen LogP contribution in [0, 0.1) is 5.92 Å². The van der Waals surface area contributed by atoms with E-state index >= 15 is 0 Å². The van der Waals surface area contributed by atoms with Gasteiger partial charge in [-0.05, 0) is 30.9 Å². The molecule has 110 valence electrons. The van der Waals surface area contributed by atoms with Gasteiger partial charge in [-0.3, -0.25) is 9.89 Å². The zero-order valence-corrected chi connectivity index (χ0v) is 11.7. The van der Waals surface area contributed by atoms with Crippen LogP contribution in [-0.4, -0.2) is 27.1 Å². The average Bonchev–Trinajstić information content (AvgIpc) is 3.12. The number of amides is 1. The van der Waals surface area contributed by atoms with Crippen LogP contribution in [0.4, 0.5) is 5.69 Å². The Labute approximate surface area is 123 Å². The molecule has 1 saturated carbocycles. The molecule has 0 aliphatic heterocycles. The third-order valence-corrected chi connectivity index (χ3v) is 4.00. The first-order valence-electron chi connectivity index (χ1n) is 7.23. The normalized spacial score (nSPS) is 21.4. The maximum atomic E-state index is 12.1. The number of rotatable bonds is 4. The van der Waals surface area contributed by atoms with E-state index in [0.29, 0.717) is 18.2 Å². The van der Waals surface area contributed by atoms with Crippen LogP contribution < -0.4 is 11.1 Å². The number of nitrogens with zero attached hydrogens (tertiary/aromatic N) is 2. The van der Waals surface area contributed by atoms with E-state index in [1.54, 1.807) is 0 Å². The maximum absolute atomic E-state index is 12.1. The van der Waals surface area contributed by atoms with Crippen LogP contribution >= 0.6 is 0 Å². The second-order valence-corrected chi connectivity index (χ2v) is 5.52. The monoisotopic (exact) mass is 285 g/mol. The lowest BCUT2D eigenvalue weighted by atomic mass is 10.00. The van der Waals surface area contributed by atoms with Crippen LogP contribution in [0.1, 0.15) is 25.7 Å². The Kier molecular flexibility index (Phi) is 3.96. The number of carbonyl (C=O) groups is 1. The lowest BCUT2D eigenvalue weighted by Gasteiger charge is -2.14. The smallest absolute Gasteiger partial charge is 0.224 e. The van der Waals surface area contributed by atoms with Crippen molar-refractivity contribution < 1.29 is 4.79 Å². The summed E-state index contributed by atoms with van der Waals surface area (Å²) in [6, 6.07) is 7.72. The Balaban J connectivity index is 1.65. The molecule has 0 radical (unpaired) electrons. The van der Waals surface area contributed by atoms with Gasteiger partial charge in [-0.15, -0.1) is 0 Å². The third-order valence-electron chi connectivity index (χ3n) is 4.00. The van der Waals surface area contributed by atoms with E-state index in [4.69, 9.17) is 5.73 Å². The van der Waals surface area contributed by atoms with E-state index in [2.05, 4.69) is 20.5 Å². The van der Waals surface area contributed by atoms with Crippen LogP contribution in [0.2, 0.25) is 0 Å². The van der Waals surface area contributed by atoms with Crippen LogP contribution in [0.3, 0.4) is 0 Å². The van der Waals surface area contributed by atoms with Crippen molar-refractivity contribution in [1.82, 2.24) is 15.2 Å². The van der Waals surface area contributed by atoms with Gasteiger partial charge < -0.3 is 11.1 Å². The minimum atomic E-state index is 0.0204. The Bertz CT molecular complexity index is 610. The predicted octanol–water partition coefficient (Wildman–Crippen LogP) is 1.93.